The molecule has 0 spiro atoms. The number of rotatable bonds is 0. The minimum atomic E-state index is 1.11. The van der Waals surface area contributed by atoms with Gasteiger partial charge in [0.25, 0.3) is 0 Å². The molecule has 3 rings (SSSR count). The van der Waals surface area contributed by atoms with Crippen LogP contribution >= 0.6 is 23.1 Å². The monoisotopic (exact) mass is 204 g/mol. The third-order valence-electron chi connectivity index (χ3n) is 2.26. The molecule has 1 aromatic carbocycles. The van der Waals surface area contributed by atoms with Crippen LogP contribution in [0.25, 0.3) is 16.2 Å². The molecule has 0 atom stereocenters. The van der Waals surface area contributed by atoms with E-state index in [1.54, 1.807) is 0 Å². The predicted octanol–water partition coefficient (Wildman–Crippen LogP) is 4.02. The standard InChI is InChI=1S/C11H8S2/c1-2-8-9-5-7-13-11(9)4-3-10(8)12-6-1/h1-5,7H,6H2. The molecule has 0 amide bonds. The van der Waals surface area contributed by atoms with E-state index in [1.807, 2.05) is 23.1 Å². The molecule has 1 aliphatic rings. The molecule has 1 aromatic heterocycles. The van der Waals surface area contributed by atoms with Crippen LogP contribution in [0.15, 0.2) is 34.6 Å². The molecule has 0 unspecified atom stereocenters. The first-order chi connectivity index (χ1) is 6.45. The van der Waals surface area contributed by atoms with Crippen LogP contribution in [0.4, 0.5) is 0 Å². The third kappa shape index (κ3) is 1.13. The van der Waals surface area contributed by atoms with E-state index in [-0.39, 0.29) is 0 Å². The quantitative estimate of drug-likeness (QED) is 0.624. The predicted molar refractivity (Wildman–Crippen MR) is 61.6 cm³/mol. The van der Waals surface area contributed by atoms with Crippen LogP contribution in [0.3, 0.4) is 0 Å². The smallest absolute Gasteiger partial charge is 0.0349 e. The molecule has 0 aliphatic carbocycles. The molecule has 2 aromatic rings. The Balaban J connectivity index is 2.43. The fraction of sp³-hybridized carbons (Fsp3) is 0.0909. The Kier molecular flexibility index (Phi) is 1.70. The van der Waals surface area contributed by atoms with Gasteiger partial charge in [0.1, 0.15) is 0 Å². The zero-order valence-electron chi connectivity index (χ0n) is 6.99. The molecule has 1 aliphatic heterocycles. The lowest BCUT2D eigenvalue weighted by atomic mass is 10.1. The zero-order chi connectivity index (χ0) is 8.67. The van der Waals surface area contributed by atoms with Crippen LogP contribution in [-0.4, -0.2) is 5.75 Å². The number of benzene rings is 1. The molecular weight excluding hydrogens is 196 g/mol. The topological polar surface area (TPSA) is 0 Å². The van der Waals surface area contributed by atoms with Gasteiger partial charge in [0.15, 0.2) is 0 Å². The Morgan fingerprint density at radius 3 is 3.15 bits per heavy atom. The number of thioether (sulfide) groups is 1. The fourth-order valence-electron chi connectivity index (χ4n) is 1.65. The number of hydrogen-bond acceptors (Lipinski definition) is 2. The summed E-state index contributed by atoms with van der Waals surface area (Å²) in [5.41, 5.74) is 1.41. The molecule has 0 N–H and O–H groups in total. The van der Waals surface area contributed by atoms with Crippen molar-refractivity contribution in [2.75, 3.05) is 5.75 Å². The van der Waals surface area contributed by atoms with Crippen molar-refractivity contribution in [1.29, 1.82) is 0 Å². The van der Waals surface area contributed by atoms with Gasteiger partial charge in [0.05, 0.1) is 0 Å². The second-order valence-electron chi connectivity index (χ2n) is 3.02. The lowest BCUT2D eigenvalue weighted by Crippen LogP contribution is -1.86. The van der Waals surface area contributed by atoms with E-state index in [0.717, 1.165) is 5.75 Å². The summed E-state index contributed by atoms with van der Waals surface area (Å²) in [6.07, 6.45) is 4.49. The van der Waals surface area contributed by atoms with Gasteiger partial charge in [-0.1, -0.05) is 12.2 Å². The fourth-order valence-corrected chi connectivity index (χ4v) is 3.32. The van der Waals surface area contributed by atoms with E-state index in [1.165, 1.54) is 20.5 Å². The van der Waals surface area contributed by atoms with E-state index in [2.05, 4.69) is 35.7 Å². The highest BCUT2D eigenvalue weighted by molar-refractivity contribution is 7.99. The average Bonchev–Trinajstić information content (AvgIpc) is 2.65. The van der Waals surface area contributed by atoms with Gasteiger partial charge in [-0.3, -0.25) is 0 Å². The largest absolute Gasteiger partial charge is 0.144 e. The van der Waals surface area contributed by atoms with Gasteiger partial charge in [0, 0.05) is 20.7 Å². The number of thiophene rings is 1. The van der Waals surface area contributed by atoms with Crippen molar-refractivity contribution in [1.82, 2.24) is 0 Å². The normalized spacial score (nSPS) is 14.8. The minimum Gasteiger partial charge on any atom is -0.144 e. The van der Waals surface area contributed by atoms with Crippen LogP contribution in [0.2, 0.25) is 0 Å². The minimum absolute atomic E-state index is 1.11. The van der Waals surface area contributed by atoms with Crippen molar-refractivity contribution in [3.05, 3.63) is 35.2 Å². The summed E-state index contributed by atoms with van der Waals surface area (Å²) in [7, 11) is 0. The first-order valence-corrected chi connectivity index (χ1v) is 6.11. The van der Waals surface area contributed by atoms with Gasteiger partial charge < -0.3 is 0 Å². The lowest BCUT2D eigenvalue weighted by molar-refractivity contribution is 1.45. The molecule has 0 bridgehead atoms. The number of fused-ring (bicyclic) bond motifs is 3. The van der Waals surface area contributed by atoms with Crippen LogP contribution in [0.1, 0.15) is 5.56 Å². The van der Waals surface area contributed by atoms with Crippen LogP contribution in [0.5, 0.6) is 0 Å². The second kappa shape index (κ2) is 2.89. The maximum atomic E-state index is 2.25. The molecule has 64 valence electrons. The summed E-state index contributed by atoms with van der Waals surface area (Å²) in [4.78, 5) is 1.42. The van der Waals surface area contributed by atoms with Gasteiger partial charge in [0.2, 0.25) is 0 Å². The van der Waals surface area contributed by atoms with E-state index < -0.39 is 0 Å². The maximum absolute atomic E-state index is 2.25. The van der Waals surface area contributed by atoms with Gasteiger partial charge >= 0.3 is 0 Å². The highest BCUT2D eigenvalue weighted by Crippen LogP contribution is 2.35. The molecule has 0 radical (unpaired) electrons. The van der Waals surface area contributed by atoms with Crippen molar-refractivity contribution in [3.8, 4) is 0 Å². The van der Waals surface area contributed by atoms with Crippen molar-refractivity contribution >= 4 is 39.3 Å². The lowest BCUT2D eigenvalue weighted by Gasteiger charge is -2.10. The molecule has 13 heavy (non-hydrogen) atoms. The van der Waals surface area contributed by atoms with E-state index in [9.17, 15) is 0 Å². The average molecular weight is 204 g/mol. The van der Waals surface area contributed by atoms with Crippen LogP contribution in [0, 0.1) is 0 Å². The molecular formula is C11H8S2. The summed E-state index contributed by atoms with van der Waals surface area (Å²) < 4.78 is 1.39. The molecule has 0 saturated heterocycles. The second-order valence-corrected chi connectivity index (χ2v) is 5.03. The van der Waals surface area contributed by atoms with Crippen molar-refractivity contribution in [2.45, 2.75) is 4.90 Å². The molecule has 2 heteroatoms. The van der Waals surface area contributed by atoms with E-state index in [0.29, 0.717) is 0 Å². The van der Waals surface area contributed by atoms with Gasteiger partial charge in [-0.05, 0) is 29.1 Å². The summed E-state index contributed by atoms with van der Waals surface area (Å²) in [6.45, 7) is 0. The van der Waals surface area contributed by atoms with Crippen LogP contribution < -0.4 is 0 Å². The Labute approximate surface area is 85.3 Å². The van der Waals surface area contributed by atoms with Crippen molar-refractivity contribution < 1.29 is 0 Å². The first kappa shape index (κ1) is 7.65. The first-order valence-electron chi connectivity index (χ1n) is 4.25. The van der Waals surface area contributed by atoms with Gasteiger partial charge in [-0.2, -0.15) is 0 Å². The molecule has 0 fully saturated rings. The van der Waals surface area contributed by atoms with Gasteiger partial charge in [-0.15, -0.1) is 23.1 Å². The summed E-state index contributed by atoms with van der Waals surface area (Å²) in [5.74, 6) is 1.11. The molecule has 0 saturated carbocycles. The Bertz CT molecular complexity index is 480. The Morgan fingerprint density at radius 2 is 2.15 bits per heavy atom. The van der Waals surface area contributed by atoms with Crippen molar-refractivity contribution in [3.63, 3.8) is 0 Å². The van der Waals surface area contributed by atoms with Crippen LogP contribution in [-0.2, 0) is 0 Å². The molecule has 2 heterocycles. The van der Waals surface area contributed by atoms with E-state index >= 15 is 0 Å². The van der Waals surface area contributed by atoms with Crippen molar-refractivity contribution in [2.24, 2.45) is 0 Å². The third-order valence-corrected chi connectivity index (χ3v) is 4.16. The Morgan fingerprint density at radius 1 is 1.15 bits per heavy atom. The maximum Gasteiger partial charge on any atom is 0.0349 e. The Hall–Kier alpha value is -0.730. The SMILES string of the molecule is C1=Cc2c(ccc3sccc23)SC1. The highest BCUT2D eigenvalue weighted by Gasteiger charge is 2.08. The zero-order valence-corrected chi connectivity index (χ0v) is 8.62. The van der Waals surface area contributed by atoms with Gasteiger partial charge in [-0.25, -0.2) is 0 Å². The summed E-state index contributed by atoms with van der Waals surface area (Å²) >= 11 is 3.74. The summed E-state index contributed by atoms with van der Waals surface area (Å²) in [6, 6.07) is 6.68. The highest BCUT2D eigenvalue weighted by atomic mass is 32.2. The van der Waals surface area contributed by atoms with E-state index in [4.69, 9.17) is 0 Å². The molecule has 0 nitrogen and oxygen atoms in total. The summed E-state index contributed by atoms with van der Waals surface area (Å²) in [5, 5.41) is 3.57. The number of hydrogen-bond donors (Lipinski definition) is 0.